The van der Waals surface area contributed by atoms with Gasteiger partial charge < -0.3 is 10.5 Å². The maximum Gasteiger partial charge on any atom is 0.491 e. The van der Waals surface area contributed by atoms with Crippen LogP contribution in [0.15, 0.2) is 18.2 Å². The van der Waals surface area contributed by atoms with E-state index in [-0.39, 0.29) is 5.92 Å². The molecule has 1 fully saturated rings. The quantitative estimate of drug-likeness (QED) is 0.463. The van der Waals surface area contributed by atoms with E-state index in [1.54, 1.807) is 6.92 Å². The zero-order valence-electron chi connectivity index (χ0n) is 14.8. The molecule has 1 aromatic rings. The number of benzene rings is 1. The molecule has 0 aromatic heterocycles. The molecule has 3 atom stereocenters. The van der Waals surface area contributed by atoms with Gasteiger partial charge in [-0.05, 0) is 67.2 Å². The van der Waals surface area contributed by atoms with Gasteiger partial charge in [0.15, 0.2) is 0 Å². The van der Waals surface area contributed by atoms with Crippen LogP contribution in [0.4, 0.5) is 18.9 Å². The monoisotopic (exact) mass is 369 g/mol. The van der Waals surface area contributed by atoms with E-state index in [0.717, 1.165) is 17.5 Å². The Balaban J connectivity index is 1.96. The lowest BCUT2D eigenvalue weighted by Crippen LogP contribution is -2.53. The minimum atomic E-state index is -5.18. The second-order valence-electron chi connectivity index (χ2n) is 7.87. The van der Waals surface area contributed by atoms with E-state index in [0.29, 0.717) is 31.4 Å². The van der Waals surface area contributed by atoms with Gasteiger partial charge in [0.2, 0.25) is 0 Å². The van der Waals surface area contributed by atoms with Gasteiger partial charge >= 0.3 is 18.1 Å². The Bertz CT molecular complexity index is 761. The molecule has 0 saturated heterocycles. The minimum absolute atomic E-state index is 0.216. The number of nitrogen functional groups attached to an aromatic ring is 1. The summed E-state index contributed by atoms with van der Waals surface area (Å²) >= 11 is 0. The van der Waals surface area contributed by atoms with Crippen LogP contribution in [0.5, 0.6) is 0 Å². The summed E-state index contributed by atoms with van der Waals surface area (Å²) in [5.74, 6) is -3.74. The van der Waals surface area contributed by atoms with Crippen LogP contribution in [0, 0.1) is 11.3 Å². The van der Waals surface area contributed by atoms with E-state index in [1.165, 1.54) is 0 Å². The van der Waals surface area contributed by atoms with Gasteiger partial charge in [-0.1, -0.05) is 19.4 Å². The second kappa shape index (κ2) is 5.99. The number of carbonyl (C=O) groups is 2. The number of hydrogen-bond acceptors (Lipinski definition) is 4. The van der Waals surface area contributed by atoms with Crippen LogP contribution in [-0.2, 0) is 26.2 Å². The molecule has 0 amide bonds. The summed E-state index contributed by atoms with van der Waals surface area (Å²) in [5.41, 5.74) is 7.23. The summed E-state index contributed by atoms with van der Waals surface area (Å²) in [6.07, 6.45) is -1.95. The van der Waals surface area contributed by atoms with Crippen LogP contribution in [-0.4, -0.2) is 18.1 Å². The van der Waals surface area contributed by atoms with Crippen molar-refractivity contribution in [3.05, 3.63) is 29.3 Å². The van der Waals surface area contributed by atoms with Crippen molar-refractivity contribution < 1.29 is 27.5 Å². The Morgan fingerprint density at radius 1 is 1.23 bits per heavy atom. The number of nitrogens with two attached hydrogens (primary N) is 1. The van der Waals surface area contributed by atoms with Crippen LogP contribution >= 0.6 is 0 Å². The van der Waals surface area contributed by atoms with Gasteiger partial charge in [0.05, 0.1) is 5.41 Å². The predicted octanol–water partition coefficient (Wildman–Crippen LogP) is 3.91. The number of ether oxygens (including phenoxy) is 1. The molecule has 0 unspecified atom stereocenters. The number of fused-ring (bicyclic) bond motifs is 3. The normalized spacial score (nSPS) is 30.9. The standard InChI is InChI=1S/C19H22F3NO3/c1-17-8-3-9-18(2,15(24)26-16(25)19(20,21)22)14(17)7-5-11-4-6-12(23)10-13(11)17/h4,6,10,14H,3,5,7-9,23H2,1-2H3/t14-,17-,18+/m1/s1. The molecule has 0 bridgehead atoms. The zero-order chi connectivity index (χ0) is 19.3. The first-order chi connectivity index (χ1) is 12.0. The molecule has 142 valence electrons. The smallest absolute Gasteiger partial charge is 0.399 e. The highest BCUT2D eigenvalue weighted by molar-refractivity contribution is 5.91. The van der Waals surface area contributed by atoms with Gasteiger partial charge in [-0.2, -0.15) is 13.2 Å². The number of halogens is 3. The fourth-order valence-electron chi connectivity index (χ4n) is 4.98. The maximum atomic E-state index is 12.6. The molecule has 2 aliphatic rings. The largest absolute Gasteiger partial charge is 0.491 e. The molecule has 0 aliphatic heterocycles. The molecule has 1 saturated carbocycles. The van der Waals surface area contributed by atoms with E-state index in [4.69, 9.17) is 5.73 Å². The number of hydrogen-bond donors (Lipinski definition) is 1. The van der Waals surface area contributed by atoms with E-state index in [2.05, 4.69) is 4.74 Å². The first-order valence-corrected chi connectivity index (χ1v) is 8.71. The van der Waals surface area contributed by atoms with Gasteiger partial charge in [0.1, 0.15) is 0 Å². The van der Waals surface area contributed by atoms with Gasteiger partial charge in [-0.3, -0.25) is 4.79 Å². The van der Waals surface area contributed by atoms with Crippen molar-refractivity contribution >= 4 is 17.6 Å². The van der Waals surface area contributed by atoms with Crippen LogP contribution in [0.2, 0.25) is 0 Å². The van der Waals surface area contributed by atoms with Gasteiger partial charge in [-0.25, -0.2) is 4.79 Å². The Morgan fingerprint density at radius 2 is 1.92 bits per heavy atom. The summed E-state index contributed by atoms with van der Waals surface area (Å²) in [4.78, 5) is 23.7. The van der Waals surface area contributed by atoms with Gasteiger partial charge in [0.25, 0.3) is 0 Å². The van der Waals surface area contributed by atoms with E-state index in [9.17, 15) is 22.8 Å². The van der Waals surface area contributed by atoms with Crippen molar-refractivity contribution in [3.8, 4) is 0 Å². The highest BCUT2D eigenvalue weighted by Crippen LogP contribution is 2.57. The highest BCUT2D eigenvalue weighted by atomic mass is 19.4. The first-order valence-electron chi connectivity index (χ1n) is 8.71. The second-order valence-corrected chi connectivity index (χ2v) is 7.87. The highest BCUT2D eigenvalue weighted by Gasteiger charge is 2.57. The SMILES string of the molecule is C[C@]1(C(=O)OC(=O)C(F)(F)F)CCC[C@]2(C)c3cc(N)ccc3CC[C@@H]12. The summed E-state index contributed by atoms with van der Waals surface area (Å²) in [7, 11) is 0. The van der Waals surface area contributed by atoms with E-state index >= 15 is 0 Å². The average molecular weight is 369 g/mol. The van der Waals surface area contributed by atoms with E-state index < -0.39 is 28.9 Å². The Morgan fingerprint density at radius 3 is 2.58 bits per heavy atom. The van der Waals surface area contributed by atoms with E-state index in [1.807, 2.05) is 25.1 Å². The molecular weight excluding hydrogens is 347 g/mol. The Kier molecular flexibility index (Phi) is 4.32. The summed E-state index contributed by atoms with van der Waals surface area (Å²) < 4.78 is 41.8. The number of carbonyl (C=O) groups excluding carboxylic acids is 2. The summed E-state index contributed by atoms with van der Waals surface area (Å²) in [6, 6.07) is 5.71. The van der Waals surface area contributed by atoms with Crippen molar-refractivity contribution in [2.75, 3.05) is 5.73 Å². The lowest BCUT2D eigenvalue weighted by molar-refractivity contribution is -0.207. The maximum absolute atomic E-state index is 12.6. The van der Waals surface area contributed by atoms with Crippen molar-refractivity contribution in [3.63, 3.8) is 0 Å². The summed E-state index contributed by atoms with van der Waals surface area (Å²) in [5, 5.41) is 0. The van der Waals surface area contributed by atoms with Crippen LogP contribution in [0.25, 0.3) is 0 Å². The lowest BCUT2D eigenvalue weighted by Gasteiger charge is -2.54. The first kappa shape index (κ1) is 18.7. The van der Waals surface area contributed by atoms with Gasteiger partial charge in [0, 0.05) is 5.69 Å². The average Bonchev–Trinajstić information content (AvgIpc) is 2.54. The number of anilines is 1. The third-order valence-electron chi connectivity index (χ3n) is 6.27. The van der Waals surface area contributed by atoms with Crippen molar-refractivity contribution in [1.82, 2.24) is 0 Å². The number of aryl methyl sites for hydroxylation is 1. The van der Waals surface area contributed by atoms with Crippen molar-refractivity contribution in [2.45, 2.75) is 57.5 Å². The van der Waals surface area contributed by atoms with Gasteiger partial charge in [-0.15, -0.1) is 0 Å². The number of esters is 2. The molecule has 0 spiro atoms. The molecule has 2 aliphatic carbocycles. The fraction of sp³-hybridized carbons (Fsp3) is 0.579. The molecule has 3 rings (SSSR count). The molecule has 7 heteroatoms. The van der Waals surface area contributed by atoms with Crippen LogP contribution < -0.4 is 5.73 Å². The fourth-order valence-corrected chi connectivity index (χ4v) is 4.98. The van der Waals surface area contributed by atoms with Crippen LogP contribution in [0.1, 0.15) is 50.7 Å². The Hall–Kier alpha value is -2.05. The molecule has 0 radical (unpaired) electrons. The number of rotatable bonds is 1. The third kappa shape index (κ3) is 2.87. The predicted molar refractivity (Wildman–Crippen MR) is 89.1 cm³/mol. The minimum Gasteiger partial charge on any atom is -0.399 e. The third-order valence-corrected chi connectivity index (χ3v) is 6.27. The topological polar surface area (TPSA) is 69.4 Å². The lowest BCUT2D eigenvalue weighted by atomic mass is 9.50. The molecule has 4 nitrogen and oxygen atoms in total. The van der Waals surface area contributed by atoms with Crippen LogP contribution in [0.3, 0.4) is 0 Å². The molecule has 26 heavy (non-hydrogen) atoms. The molecule has 2 N–H and O–H groups in total. The number of alkyl halides is 3. The Labute approximate surface area is 149 Å². The van der Waals surface area contributed by atoms with Crippen molar-refractivity contribution in [2.24, 2.45) is 11.3 Å². The molecule has 1 aromatic carbocycles. The zero-order valence-corrected chi connectivity index (χ0v) is 14.8. The molecule has 0 heterocycles. The summed E-state index contributed by atoms with van der Waals surface area (Å²) in [6.45, 7) is 3.66. The van der Waals surface area contributed by atoms with Crippen molar-refractivity contribution in [1.29, 1.82) is 0 Å². The molecular formula is C19H22F3NO3.